The van der Waals surface area contributed by atoms with Gasteiger partial charge in [-0.15, -0.1) is 0 Å². The average Bonchev–Trinajstić information content (AvgIpc) is 3.03. The van der Waals surface area contributed by atoms with E-state index in [1.165, 1.54) is 29.2 Å². The molecule has 0 bridgehead atoms. The Morgan fingerprint density at radius 2 is 1.86 bits per heavy atom. The van der Waals surface area contributed by atoms with Crippen molar-refractivity contribution in [1.29, 1.82) is 0 Å². The fourth-order valence-electron chi connectivity index (χ4n) is 3.11. The highest BCUT2D eigenvalue weighted by Gasteiger charge is 2.35. The number of carbonyl (C=O) groups is 2. The van der Waals surface area contributed by atoms with Gasteiger partial charge in [0.2, 0.25) is 21.8 Å². The minimum atomic E-state index is -3.73. The molecule has 1 unspecified atom stereocenters. The van der Waals surface area contributed by atoms with Crippen molar-refractivity contribution in [3.63, 3.8) is 0 Å². The van der Waals surface area contributed by atoms with E-state index >= 15 is 0 Å². The van der Waals surface area contributed by atoms with Gasteiger partial charge < -0.3 is 10.2 Å². The number of sulfonamides is 1. The number of carbonyl (C=O) groups excluding carboxylic acids is 2. The lowest BCUT2D eigenvalue weighted by molar-refractivity contribution is -0.126. The molecule has 2 aromatic carbocycles. The normalized spacial score (nSPS) is 17.0. The van der Waals surface area contributed by atoms with E-state index < -0.39 is 21.8 Å². The second kappa shape index (κ2) is 8.07. The number of amides is 2. The summed E-state index contributed by atoms with van der Waals surface area (Å²) in [6.07, 6.45) is 0.525. The summed E-state index contributed by atoms with van der Waals surface area (Å²) < 4.78 is 36.4. The third-order valence-electron chi connectivity index (χ3n) is 4.60. The van der Waals surface area contributed by atoms with Crippen LogP contribution in [0.15, 0.2) is 53.4 Å². The zero-order valence-electron chi connectivity index (χ0n) is 15.0. The van der Waals surface area contributed by atoms with Gasteiger partial charge in [0.15, 0.2) is 0 Å². The minimum absolute atomic E-state index is 0.0259. The second-order valence-corrected chi connectivity index (χ2v) is 8.15. The Labute approximate surface area is 162 Å². The summed E-state index contributed by atoms with van der Waals surface area (Å²) in [5, 5.41) is 7.82. The topological polar surface area (TPSA) is 110 Å². The summed E-state index contributed by atoms with van der Waals surface area (Å²) in [6, 6.07) is 12.0. The Morgan fingerprint density at radius 1 is 1.18 bits per heavy atom. The molecule has 3 N–H and O–H groups in total. The molecule has 0 saturated carbocycles. The summed E-state index contributed by atoms with van der Waals surface area (Å²) in [5.74, 6) is -1.60. The Kier molecular flexibility index (Phi) is 5.76. The van der Waals surface area contributed by atoms with Crippen molar-refractivity contribution in [2.24, 2.45) is 11.1 Å². The molecule has 1 fully saturated rings. The van der Waals surface area contributed by atoms with Crippen LogP contribution in [0.3, 0.4) is 0 Å². The molecule has 1 heterocycles. The molecular weight excluding hydrogens is 385 g/mol. The number of rotatable bonds is 6. The predicted molar refractivity (Wildman–Crippen MR) is 101 cm³/mol. The van der Waals surface area contributed by atoms with Crippen molar-refractivity contribution in [2.75, 3.05) is 18.0 Å². The van der Waals surface area contributed by atoms with E-state index in [1.54, 1.807) is 24.3 Å². The maximum atomic E-state index is 13.9. The van der Waals surface area contributed by atoms with Gasteiger partial charge >= 0.3 is 0 Å². The number of nitrogens with one attached hydrogen (secondary N) is 1. The standard InChI is InChI=1S/C19H20FN3O4S/c20-16-3-1-2-4-17(16)23-12-14(11-18(23)24)19(25)22-10-9-13-5-7-15(8-6-13)28(21,26)27/h1-8,14H,9-12H2,(H,22,25)(H2,21,26,27). The van der Waals surface area contributed by atoms with Crippen LogP contribution in [0.1, 0.15) is 12.0 Å². The number of halogens is 1. The molecule has 1 saturated heterocycles. The van der Waals surface area contributed by atoms with Crippen LogP contribution >= 0.6 is 0 Å². The average molecular weight is 405 g/mol. The van der Waals surface area contributed by atoms with Crippen LogP contribution in [0, 0.1) is 11.7 Å². The Hall–Kier alpha value is -2.78. The van der Waals surface area contributed by atoms with E-state index in [0.29, 0.717) is 13.0 Å². The van der Waals surface area contributed by atoms with Crippen molar-refractivity contribution in [3.05, 3.63) is 59.9 Å². The zero-order valence-corrected chi connectivity index (χ0v) is 15.8. The minimum Gasteiger partial charge on any atom is -0.355 e. The molecule has 0 radical (unpaired) electrons. The number of hydrogen-bond donors (Lipinski definition) is 2. The van der Waals surface area contributed by atoms with Gasteiger partial charge in [0, 0.05) is 19.5 Å². The number of anilines is 1. The van der Waals surface area contributed by atoms with E-state index in [2.05, 4.69) is 5.32 Å². The summed E-state index contributed by atoms with van der Waals surface area (Å²) in [5.41, 5.74) is 1.01. The molecule has 1 aliphatic heterocycles. The molecule has 0 aliphatic carbocycles. The molecule has 0 aromatic heterocycles. The van der Waals surface area contributed by atoms with Crippen LogP contribution in [-0.2, 0) is 26.0 Å². The highest BCUT2D eigenvalue weighted by atomic mass is 32.2. The molecule has 7 nitrogen and oxygen atoms in total. The molecule has 1 atom stereocenters. The van der Waals surface area contributed by atoms with Gasteiger partial charge in [-0.25, -0.2) is 17.9 Å². The predicted octanol–water partition coefficient (Wildman–Crippen LogP) is 1.18. The number of hydrogen-bond acceptors (Lipinski definition) is 4. The number of benzene rings is 2. The maximum Gasteiger partial charge on any atom is 0.238 e. The number of primary sulfonamides is 1. The third kappa shape index (κ3) is 4.55. The largest absolute Gasteiger partial charge is 0.355 e. The van der Waals surface area contributed by atoms with Crippen molar-refractivity contribution in [1.82, 2.24) is 5.32 Å². The number of nitrogens with two attached hydrogens (primary N) is 1. The van der Waals surface area contributed by atoms with Gasteiger partial charge in [-0.1, -0.05) is 24.3 Å². The number of para-hydroxylation sites is 1. The van der Waals surface area contributed by atoms with Crippen LogP contribution in [0.25, 0.3) is 0 Å². The quantitative estimate of drug-likeness (QED) is 0.752. The van der Waals surface area contributed by atoms with Crippen molar-refractivity contribution >= 4 is 27.5 Å². The van der Waals surface area contributed by atoms with E-state index in [-0.39, 0.29) is 35.4 Å². The van der Waals surface area contributed by atoms with Crippen LogP contribution < -0.4 is 15.4 Å². The van der Waals surface area contributed by atoms with E-state index in [1.807, 2.05) is 0 Å². The molecule has 2 amide bonds. The van der Waals surface area contributed by atoms with Crippen LogP contribution in [0.4, 0.5) is 10.1 Å². The van der Waals surface area contributed by atoms with E-state index in [0.717, 1.165) is 5.56 Å². The van der Waals surface area contributed by atoms with Gasteiger partial charge in [-0.3, -0.25) is 9.59 Å². The first-order chi connectivity index (χ1) is 13.3. The van der Waals surface area contributed by atoms with E-state index in [4.69, 9.17) is 5.14 Å². The molecule has 0 spiro atoms. The van der Waals surface area contributed by atoms with E-state index in [9.17, 15) is 22.4 Å². The van der Waals surface area contributed by atoms with Crippen LogP contribution in [-0.4, -0.2) is 33.3 Å². The molecular formula is C19H20FN3O4S. The first-order valence-corrected chi connectivity index (χ1v) is 10.2. The number of nitrogens with zero attached hydrogens (tertiary/aromatic N) is 1. The fraction of sp³-hybridized carbons (Fsp3) is 0.263. The van der Waals surface area contributed by atoms with Gasteiger partial charge in [-0.2, -0.15) is 0 Å². The molecule has 2 aromatic rings. The van der Waals surface area contributed by atoms with Gasteiger partial charge in [-0.05, 0) is 36.2 Å². The van der Waals surface area contributed by atoms with Crippen LogP contribution in [0.5, 0.6) is 0 Å². The lowest BCUT2D eigenvalue weighted by Crippen LogP contribution is -2.34. The van der Waals surface area contributed by atoms with Crippen molar-refractivity contribution in [3.8, 4) is 0 Å². The summed E-state index contributed by atoms with van der Waals surface area (Å²) in [4.78, 5) is 25.8. The Morgan fingerprint density at radius 3 is 2.50 bits per heavy atom. The van der Waals surface area contributed by atoms with Crippen LogP contribution in [0.2, 0.25) is 0 Å². The highest BCUT2D eigenvalue weighted by Crippen LogP contribution is 2.27. The maximum absolute atomic E-state index is 13.9. The second-order valence-electron chi connectivity index (χ2n) is 6.59. The lowest BCUT2D eigenvalue weighted by Gasteiger charge is -2.17. The summed E-state index contributed by atoms with van der Waals surface area (Å²) >= 11 is 0. The monoisotopic (exact) mass is 405 g/mol. The Bertz CT molecular complexity index is 992. The van der Waals surface area contributed by atoms with Gasteiger partial charge in [0.25, 0.3) is 0 Å². The summed E-state index contributed by atoms with van der Waals surface area (Å²) in [7, 11) is -3.73. The van der Waals surface area contributed by atoms with Crippen molar-refractivity contribution < 1.29 is 22.4 Å². The lowest BCUT2D eigenvalue weighted by atomic mass is 10.1. The molecule has 148 valence electrons. The Balaban J connectivity index is 1.53. The third-order valence-corrected chi connectivity index (χ3v) is 5.53. The first-order valence-electron chi connectivity index (χ1n) is 8.70. The SMILES string of the molecule is NS(=O)(=O)c1ccc(CCNC(=O)C2CC(=O)N(c3ccccc3F)C2)cc1. The highest BCUT2D eigenvalue weighted by molar-refractivity contribution is 7.89. The molecule has 1 aliphatic rings. The summed E-state index contributed by atoms with van der Waals surface area (Å²) in [6.45, 7) is 0.465. The van der Waals surface area contributed by atoms with Gasteiger partial charge in [0.05, 0.1) is 16.5 Å². The first kappa shape index (κ1) is 20.0. The molecule has 9 heteroatoms. The van der Waals surface area contributed by atoms with Gasteiger partial charge in [0.1, 0.15) is 5.82 Å². The molecule has 28 heavy (non-hydrogen) atoms. The van der Waals surface area contributed by atoms with Crippen molar-refractivity contribution in [2.45, 2.75) is 17.7 Å². The smallest absolute Gasteiger partial charge is 0.238 e. The fourth-order valence-corrected chi connectivity index (χ4v) is 3.62. The molecule has 3 rings (SSSR count). The zero-order chi connectivity index (χ0) is 20.3.